The Kier molecular flexibility index (Phi) is 6.10. The van der Waals surface area contributed by atoms with Gasteiger partial charge in [0.2, 0.25) is 5.01 Å². The Labute approximate surface area is 122 Å². The van der Waals surface area contributed by atoms with Crippen molar-refractivity contribution in [2.45, 2.75) is 13.8 Å². The maximum absolute atomic E-state index is 11.7. The zero-order valence-electron chi connectivity index (χ0n) is 10.4. The minimum absolute atomic E-state index is 0.0316. The molecular weight excluding hydrogens is 338 g/mol. The highest BCUT2D eigenvalue weighted by atomic mass is 79.9. The van der Waals surface area contributed by atoms with Crippen LogP contribution in [0.1, 0.15) is 43.8 Å². The van der Waals surface area contributed by atoms with E-state index in [1.54, 1.807) is 13.8 Å². The fourth-order valence-corrected chi connectivity index (χ4v) is 2.54. The molecule has 0 aliphatic heterocycles. The number of carbonyl (C=O) groups excluding carboxylic acids is 3. The maximum Gasteiger partial charge on any atom is 0.367 e. The van der Waals surface area contributed by atoms with Crippen LogP contribution in [0.25, 0.3) is 0 Å². The SMILES string of the molecule is CCOC(=O)c1nc(C(=O)OCC)c(C(=O)CBr)s1. The predicted octanol–water partition coefficient (Wildman–Crippen LogP) is 2.07. The number of ketones is 1. The van der Waals surface area contributed by atoms with E-state index in [9.17, 15) is 14.4 Å². The van der Waals surface area contributed by atoms with Crippen molar-refractivity contribution < 1.29 is 23.9 Å². The van der Waals surface area contributed by atoms with E-state index >= 15 is 0 Å². The number of halogens is 1. The van der Waals surface area contributed by atoms with Crippen molar-refractivity contribution in [3.05, 3.63) is 15.6 Å². The molecule has 0 fully saturated rings. The molecule has 1 aromatic rings. The Morgan fingerprint density at radius 1 is 1.16 bits per heavy atom. The minimum Gasteiger partial charge on any atom is -0.461 e. The number of esters is 2. The number of aromatic nitrogens is 1. The summed E-state index contributed by atoms with van der Waals surface area (Å²) in [6.07, 6.45) is 0. The lowest BCUT2D eigenvalue weighted by atomic mass is 10.3. The summed E-state index contributed by atoms with van der Waals surface area (Å²) in [6.45, 7) is 3.65. The van der Waals surface area contributed by atoms with Crippen molar-refractivity contribution >= 4 is 45.0 Å². The van der Waals surface area contributed by atoms with E-state index in [1.165, 1.54) is 0 Å². The third kappa shape index (κ3) is 3.84. The molecule has 19 heavy (non-hydrogen) atoms. The van der Waals surface area contributed by atoms with E-state index in [2.05, 4.69) is 20.9 Å². The summed E-state index contributed by atoms with van der Waals surface area (Å²) in [7, 11) is 0. The second kappa shape index (κ2) is 7.34. The van der Waals surface area contributed by atoms with E-state index in [-0.39, 0.29) is 39.9 Å². The summed E-state index contributed by atoms with van der Waals surface area (Å²) in [6, 6.07) is 0. The van der Waals surface area contributed by atoms with Crippen molar-refractivity contribution in [2.75, 3.05) is 18.5 Å². The number of nitrogens with zero attached hydrogens (tertiary/aromatic N) is 1. The van der Waals surface area contributed by atoms with Gasteiger partial charge >= 0.3 is 11.9 Å². The molecule has 8 heteroatoms. The molecule has 0 bridgehead atoms. The van der Waals surface area contributed by atoms with Gasteiger partial charge in [-0.05, 0) is 13.8 Å². The Bertz CT molecular complexity index is 499. The topological polar surface area (TPSA) is 82.6 Å². The molecule has 6 nitrogen and oxygen atoms in total. The lowest BCUT2D eigenvalue weighted by molar-refractivity contribution is 0.0514. The molecule has 0 saturated carbocycles. The molecule has 1 aromatic heterocycles. The van der Waals surface area contributed by atoms with E-state index in [1.807, 2.05) is 0 Å². The van der Waals surface area contributed by atoms with Gasteiger partial charge in [-0.1, -0.05) is 15.9 Å². The van der Waals surface area contributed by atoms with Crippen LogP contribution in [0.3, 0.4) is 0 Å². The van der Waals surface area contributed by atoms with Crippen LogP contribution in [0.4, 0.5) is 0 Å². The van der Waals surface area contributed by atoms with E-state index in [0.717, 1.165) is 11.3 Å². The zero-order chi connectivity index (χ0) is 14.4. The first-order chi connectivity index (χ1) is 9.04. The second-order valence-electron chi connectivity index (χ2n) is 3.19. The van der Waals surface area contributed by atoms with Gasteiger partial charge in [-0.2, -0.15) is 0 Å². The summed E-state index contributed by atoms with van der Waals surface area (Å²) in [5.41, 5.74) is -0.139. The van der Waals surface area contributed by atoms with Crippen LogP contribution >= 0.6 is 27.3 Å². The molecule has 0 aliphatic rings. The molecule has 0 aromatic carbocycles. The van der Waals surface area contributed by atoms with Crippen LogP contribution in [-0.4, -0.2) is 41.2 Å². The highest BCUT2D eigenvalue weighted by Gasteiger charge is 2.26. The van der Waals surface area contributed by atoms with Gasteiger partial charge in [0.25, 0.3) is 0 Å². The largest absolute Gasteiger partial charge is 0.461 e. The first kappa shape index (κ1) is 15.8. The molecule has 1 rings (SSSR count). The number of carbonyl (C=O) groups is 3. The lowest BCUT2D eigenvalue weighted by Crippen LogP contribution is -2.11. The van der Waals surface area contributed by atoms with Crippen molar-refractivity contribution in [3.8, 4) is 0 Å². The van der Waals surface area contributed by atoms with Gasteiger partial charge in [-0.25, -0.2) is 14.6 Å². The molecule has 1 heterocycles. The Balaban J connectivity index is 3.16. The van der Waals surface area contributed by atoms with Crippen LogP contribution in [0.2, 0.25) is 0 Å². The average molecular weight is 350 g/mol. The fraction of sp³-hybridized carbons (Fsp3) is 0.455. The summed E-state index contributed by atoms with van der Waals surface area (Å²) >= 11 is 3.84. The normalized spacial score (nSPS) is 10.1. The maximum atomic E-state index is 11.7. The number of thiazole rings is 1. The van der Waals surface area contributed by atoms with Crippen molar-refractivity contribution in [2.24, 2.45) is 0 Å². The monoisotopic (exact) mass is 349 g/mol. The number of hydrogen-bond donors (Lipinski definition) is 0. The van der Waals surface area contributed by atoms with Gasteiger partial charge < -0.3 is 9.47 Å². The van der Waals surface area contributed by atoms with Crippen LogP contribution < -0.4 is 0 Å². The lowest BCUT2D eigenvalue weighted by Gasteiger charge is -1.99. The molecule has 0 radical (unpaired) electrons. The quantitative estimate of drug-likeness (QED) is 0.444. The highest BCUT2D eigenvalue weighted by molar-refractivity contribution is 9.09. The Morgan fingerprint density at radius 2 is 1.74 bits per heavy atom. The molecule has 0 amide bonds. The number of alkyl halides is 1. The van der Waals surface area contributed by atoms with Crippen molar-refractivity contribution in [1.29, 1.82) is 0 Å². The molecule has 0 N–H and O–H groups in total. The number of rotatable bonds is 6. The van der Waals surface area contributed by atoms with Gasteiger partial charge in [-0.3, -0.25) is 4.79 Å². The van der Waals surface area contributed by atoms with Gasteiger partial charge in [0.1, 0.15) is 4.88 Å². The molecular formula is C11H12BrNO5S. The molecule has 0 aliphatic carbocycles. The van der Waals surface area contributed by atoms with Gasteiger partial charge in [-0.15, -0.1) is 11.3 Å². The molecule has 0 saturated heterocycles. The first-order valence-corrected chi connectivity index (χ1v) is 7.43. The summed E-state index contributed by atoms with van der Waals surface area (Å²) in [5.74, 6) is -1.72. The van der Waals surface area contributed by atoms with Crippen LogP contribution in [0, 0.1) is 0 Å². The molecule has 0 spiro atoms. The van der Waals surface area contributed by atoms with Gasteiger partial charge in [0, 0.05) is 0 Å². The average Bonchev–Trinajstić information content (AvgIpc) is 2.83. The van der Waals surface area contributed by atoms with Crippen LogP contribution in [-0.2, 0) is 9.47 Å². The van der Waals surface area contributed by atoms with E-state index in [0.29, 0.717) is 0 Å². The first-order valence-electron chi connectivity index (χ1n) is 5.49. The van der Waals surface area contributed by atoms with E-state index < -0.39 is 11.9 Å². The van der Waals surface area contributed by atoms with Crippen LogP contribution in [0.5, 0.6) is 0 Å². The third-order valence-electron chi connectivity index (χ3n) is 1.92. The highest BCUT2D eigenvalue weighted by Crippen LogP contribution is 2.22. The van der Waals surface area contributed by atoms with Crippen molar-refractivity contribution in [3.63, 3.8) is 0 Å². The van der Waals surface area contributed by atoms with Gasteiger partial charge in [0.15, 0.2) is 11.5 Å². The fourth-order valence-electron chi connectivity index (χ4n) is 1.19. The smallest absolute Gasteiger partial charge is 0.367 e. The Morgan fingerprint density at radius 3 is 2.26 bits per heavy atom. The van der Waals surface area contributed by atoms with Crippen LogP contribution in [0.15, 0.2) is 0 Å². The van der Waals surface area contributed by atoms with E-state index in [4.69, 9.17) is 9.47 Å². The molecule has 104 valence electrons. The third-order valence-corrected chi connectivity index (χ3v) is 3.51. The summed E-state index contributed by atoms with van der Waals surface area (Å²) in [4.78, 5) is 38.9. The predicted molar refractivity (Wildman–Crippen MR) is 72.2 cm³/mol. The van der Waals surface area contributed by atoms with Gasteiger partial charge in [0.05, 0.1) is 18.5 Å². The summed E-state index contributed by atoms with van der Waals surface area (Å²) in [5, 5.41) is -0.00153. The summed E-state index contributed by atoms with van der Waals surface area (Å²) < 4.78 is 9.59. The molecule has 0 unspecified atom stereocenters. The standard InChI is InChI=1S/C11H12BrNO5S/c1-3-17-10(15)7-8(6(14)5-12)19-9(13-7)11(16)18-4-2/h3-5H2,1-2H3. The Hall–Kier alpha value is -1.28. The number of Topliss-reactive ketones (excluding diaryl/α,β-unsaturated/α-hetero) is 1. The second-order valence-corrected chi connectivity index (χ2v) is 4.75. The minimum atomic E-state index is -0.724. The number of ether oxygens (including phenoxy) is 2. The number of hydrogen-bond acceptors (Lipinski definition) is 7. The van der Waals surface area contributed by atoms with Crippen molar-refractivity contribution in [1.82, 2.24) is 4.98 Å². The molecule has 0 atom stereocenters. The zero-order valence-corrected chi connectivity index (χ0v) is 12.8.